The van der Waals surface area contributed by atoms with Crippen LogP contribution in [0, 0.1) is 11.8 Å². The Morgan fingerprint density at radius 3 is 1.55 bits per heavy atom. The van der Waals surface area contributed by atoms with E-state index in [1.165, 1.54) is 38.5 Å². The molecule has 0 spiro atoms. The van der Waals surface area contributed by atoms with E-state index in [0.29, 0.717) is 52.1 Å². The minimum Gasteiger partial charge on any atom is -0.465 e. The molecular formula is C53H93NO11. The molecule has 3 atom stereocenters. The molecule has 0 aromatic rings. The molecule has 0 aliphatic carbocycles. The number of carbonyl (C=O) groups is 3. The van der Waals surface area contributed by atoms with Gasteiger partial charge in [0.1, 0.15) is 19.8 Å². The summed E-state index contributed by atoms with van der Waals surface area (Å²) in [5.41, 5.74) is 0. The predicted molar refractivity (Wildman–Crippen MR) is 261 cm³/mol. The van der Waals surface area contributed by atoms with Gasteiger partial charge in [0.15, 0.2) is 12.6 Å². The molecule has 0 bridgehead atoms. The molecule has 1 aliphatic rings. The maximum absolute atomic E-state index is 12.9. The Balaban J connectivity index is 2.65. The Morgan fingerprint density at radius 2 is 1.06 bits per heavy atom. The molecule has 0 amide bonds. The highest BCUT2D eigenvalue weighted by Crippen LogP contribution is 2.18. The van der Waals surface area contributed by atoms with Crippen molar-refractivity contribution in [2.45, 2.75) is 188 Å². The van der Waals surface area contributed by atoms with E-state index in [4.69, 9.17) is 37.9 Å². The van der Waals surface area contributed by atoms with Gasteiger partial charge in [-0.2, -0.15) is 0 Å². The van der Waals surface area contributed by atoms with Crippen LogP contribution >= 0.6 is 0 Å². The van der Waals surface area contributed by atoms with Crippen LogP contribution < -0.4 is 0 Å². The van der Waals surface area contributed by atoms with E-state index in [2.05, 4.69) is 76.0 Å². The normalized spacial score (nSPS) is 16.2. The van der Waals surface area contributed by atoms with Crippen molar-refractivity contribution in [3.05, 3.63) is 48.6 Å². The molecule has 65 heavy (non-hydrogen) atoms. The van der Waals surface area contributed by atoms with Gasteiger partial charge < -0.3 is 42.8 Å². The van der Waals surface area contributed by atoms with Gasteiger partial charge in [-0.3, -0.25) is 9.59 Å². The fourth-order valence-corrected chi connectivity index (χ4v) is 7.11. The van der Waals surface area contributed by atoms with Gasteiger partial charge in [0, 0.05) is 25.3 Å². The number of likely N-dealkylation sites (tertiary alicyclic amines) is 1. The van der Waals surface area contributed by atoms with E-state index in [-0.39, 0.29) is 69.7 Å². The Hall–Kier alpha value is -3.03. The van der Waals surface area contributed by atoms with Crippen molar-refractivity contribution in [2.75, 3.05) is 72.5 Å². The van der Waals surface area contributed by atoms with Crippen LogP contribution in [-0.2, 0) is 47.5 Å². The molecule has 0 aromatic carbocycles. The lowest BCUT2D eigenvalue weighted by Gasteiger charge is -2.31. The summed E-state index contributed by atoms with van der Waals surface area (Å²) in [7, 11) is 0. The largest absolute Gasteiger partial charge is 0.508 e. The van der Waals surface area contributed by atoms with Gasteiger partial charge in [0.2, 0.25) is 0 Å². The third-order valence-corrected chi connectivity index (χ3v) is 11.0. The van der Waals surface area contributed by atoms with E-state index in [1.54, 1.807) is 0 Å². The fraction of sp³-hybridized carbons (Fsp3) is 0.792. The molecule has 0 saturated carbocycles. The van der Waals surface area contributed by atoms with Crippen LogP contribution in [-0.4, -0.2) is 108 Å². The SMILES string of the molecule is CC/C=C\COC(CCCCC(=O)OCC(COC(=O)CCCCC(OC/C=C\CC)OCC/C=C\CCCCC)COC(=O)OCC1CCCN(CC)C1)OCC/C=C\CCCCC. The molecule has 12 heteroatoms. The van der Waals surface area contributed by atoms with Gasteiger partial charge in [-0.1, -0.05) is 109 Å². The maximum Gasteiger partial charge on any atom is 0.508 e. The van der Waals surface area contributed by atoms with Gasteiger partial charge in [-0.15, -0.1) is 0 Å². The summed E-state index contributed by atoms with van der Waals surface area (Å²) >= 11 is 0. The molecule has 1 rings (SSSR count). The van der Waals surface area contributed by atoms with E-state index in [9.17, 15) is 14.4 Å². The average Bonchev–Trinajstić information content (AvgIpc) is 3.32. The summed E-state index contributed by atoms with van der Waals surface area (Å²) in [6, 6.07) is 0. The highest BCUT2D eigenvalue weighted by molar-refractivity contribution is 5.69. The second kappa shape index (κ2) is 44.8. The average molecular weight is 920 g/mol. The van der Waals surface area contributed by atoms with Gasteiger partial charge >= 0.3 is 18.1 Å². The number of piperidine rings is 1. The number of esters is 2. The number of unbranched alkanes of at least 4 members (excludes halogenated alkanes) is 8. The molecule has 0 radical (unpaired) electrons. The summed E-state index contributed by atoms with van der Waals surface area (Å²) < 4.78 is 46.3. The molecular weight excluding hydrogens is 827 g/mol. The number of ether oxygens (including phenoxy) is 8. The van der Waals surface area contributed by atoms with Gasteiger partial charge in [0.05, 0.1) is 39.0 Å². The quantitative estimate of drug-likeness (QED) is 0.0190. The first kappa shape index (κ1) is 60.0. The van der Waals surface area contributed by atoms with Crippen molar-refractivity contribution in [3.63, 3.8) is 0 Å². The molecule has 0 N–H and O–H groups in total. The van der Waals surface area contributed by atoms with Gasteiger partial charge in [-0.05, 0) is 116 Å². The van der Waals surface area contributed by atoms with Crippen LogP contribution in [0.1, 0.15) is 176 Å². The van der Waals surface area contributed by atoms with Crippen molar-refractivity contribution in [2.24, 2.45) is 11.8 Å². The lowest BCUT2D eigenvalue weighted by atomic mass is 9.99. The molecule has 1 aliphatic heterocycles. The van der Waals surface area contributed by atoms with Crippen LogP contribution in [0.25, 0.3) is 0 Å². The van der Waals surface area contributed by atoms with E-state index >= 15 is 0 Å². The second-order valence-corrected chi connectivity index (χ2v) is 17.0. The number of carbonyl (C=O) groups excluding carboxylic acids is 3. The molecule has 12 nitrogen and oxygen atoms in total. The highest BCUT2D eigenvalue weighted by Gasteiger charge is 2.22. The van der Waals surface area contributed by atoms with Crippen LogP contribution in [0.2, 0.25) is 0 Å². The first-order valence-electron chi connectivity index (χ1n) is 25.7. The van der Waals surface area contributed by atoms with Crippen LogP contribution in [0.3, 0.4) is 0 Å². The number of hydrogen-bond acceptors (Lipinski definition) is 12. The smallest absolute Gasteiger partial charge is 0.465 e. The lowest BCUT2D eigenvalue weighted by Crippen LogP contribution is -2.37. The minimum absolute atomic E-state index is 0.0607. The zero-order valence-corrected chi connectivity index (χ0v) is 41.7. The highest BCUT2D eigenvalue weighted by atomic mass is 16.7. The fourth-order valence-electron chi connectivity index (χ4n) is 7.11. The number of hydrogen-bond donors (Lipinski definition) is 0. The number of nitrogens with zero attached hydrogens (tertiary/aromatic N) is 1. The van der Waals surface area contributed by atoms with Gasteiger partial charge in [0.25, 0.3) is 0 Å². The minimum atomic E-state index is -0.777. The number of allylic oxidation sites excluding steroid dienone is 4. The van der Waals surface area contributed by atoms with Crippen molar-refractivity contribution in [3.8, 4) is 0 Å². The maximum atomic E-state index is 12.9. The van der Waals surface area contributed by atoms with E-state index < -0.39 is 12.1 Å². The van der Waals surface area contributed by atoms with Crippen molar-refractivity contribution in [1.82, 2.24) is 4.90 Å². The van der Waals surface area contributed by atoms with Gasteiger partial charge in [-0.25, -0.2) is 4.79 Å². The summed E-state index contributed by atoms with van der Waals surface area (Å²) in [5, 5.41) is 0. The van der Waals surface area contributed by atoms with E-state index in [1.807, 2.05) is 12.2 Å². The molecule has 1 heterocycles. The van der Waals surface area contributed by atoms with Crippen LogP contribution in [0.4, 0.5) is 4.79 Å². The molecule has 3 unspecified atom stereocenters. The Bertz CT molecular complexity index is 1180. The molecule has 0 aromatic heterocycles. The first-order valence-corrected chi connectivity index (χ1v) is 25.7. The lowest BCUT2D eigenvalue weighted by molar-refractivity contribution is -0.151. The third-order valence-electron chi connectivity index (χ3n) is 11.0. The molecule has 376 valence electrons. The second-order valence-electron chi connectivity index (χ2n) is 17.0. The number of rotatable bonds is 43. The zero-order chi connectivity index (χ0) is 47.3. The third kappa shape index (κ3) is 37.7. The Labute approximate surface area is 395 Å². The zero-order valence-electron chi connectivity index (χ0n) is 41.7. The summed E-state index contributed by atoms with van der Waals surface area (Å²) in [4.78, 5) is 40.8. The monoisotopic (exact) mass is 920 g/mol. The standard InChI is InChI=1S/C53H93NO11/c1-6-11-15-17-19-21-29-40-60-51(58-38-27-13-8-3)35-25-23-33-49(55)62-44-48(46-65-53(57)64-43-47-32-31-37-54(10-5)42-47)45-63-50(56)34-24-26-36-52(59-39-28-14-9-4)61-41-30-22-20-18-16-12-7-2/h13-14,19-22,27-28,47-48,51-52H,6-12,15-18,23-26,29-46H2,1-5H3/b21-19-,22-20-,27-13-,28-14-. The van der Waals surface area contributed by atoms with Crippen LogP contribution in [0.5, 0.6) is 0 Å². The van der Waals surface area contributed by atoms with Crippen LogP contribution in [0.15, 0.2) is 48.6 Å². The van der Waals surface area contributed by atoms with Crippen molar-refractivity contribution in [1.29, 1.82) is 0 Å². The Morgan fingerprint density at radius 1 is 0.554 bits per heavy atom. The summed E-state index contributed by atoms with van der Waals surface area (Å²) in [6.07, 6.45) is 35.0. The topological polar surface area (TPSA) is 128 Å². The molecule has 1 fully saturated rings. The molecule has 1 saturated heterocycles. The van der Waals surface area contributed by atoms with Crippen molar-refractivity contribution < 1.29 is 52.3 Å². The first-order chi connectivity index (χ1) is 31.8. The van der Waals surface area contributed by atoms with Crippen molar-refractivity contribution >= 4 is 18.1 Å². The van der Waals surface area contributed by atoms with E-state index in [0.717, 1.165) is 83.8 Å². The summed E-state index contributed by atoms with van der Waals surface area (Å²) in [6.45, 7) is 15.8. The Kier molecular flexibility index (Phi) is 41.3. The predicted octanol–water partition coefficient (Wildman–Crippen LogP) is 12.4. The summed E-state index contributed by atoms with van der Waals surface area (Å²) in [5.74, 6) is -1.03.